The molecule has 1 aliphatic rings. The summed E-state index contributed by atoms with van der Waals surface area (Å²) >= 11 is 0. The van der Waals surface area contributed by atoms with Crippen LogP contribution < -0.4 is 11.1 Å². The minimum absolute atomic E-state index is 0.00879. The topological polar surface area (TPSA) is 58.4 Å². The summed E-state index contributed by atoms with van der Waals surface area (Å²) in [5.41, 5.74) is 5.99. The number of nitrogens with two attached hydrogens (primary N) is 1. The number of nitrogens with zero attached hydrogens (tertiary/aromatic N) is 1. The van der Waals surface area contributed by atoms with Gasteiger partial charge in [-0.2, -0.15) is 0 Å². The van der Waals surface area contributed by atoms with Crippen molar-refractivity contribution in [3.63, 3.8) is 0 Å². The van der Waals surface area contributed by atoms with E-state index in [4.69, 9.17) is 5.73 Å². The van der Waals surface area contributed by atoms with Crippen molar-refractivity contribution in [3.8, 4) is 0 Å². The molecule has 0 aromatic carbocycles. The number of carbonyl (C=O) groups is 1. The molecule has 4 heteroatoms. The van der Waals surface area contributed by atoms with Crippen LogP contribution in [0, 0.1) is 5.41 Å². The van der Waals surface area contributed by atoms with E-state index < -0.39 is 0 Å². The number of nitrogens with one attached hydrogen (secondary N) is 1. The quantitative estimate of drug-likeness (QED) is 0.722. The Morgan fingerprint density at radius 3 is 2.47 bits per heavy atom. The molecule has 1 atom stereocenters. The molecule has 0 bridgehead atoms. The molecule has 3 N–H and O–H groups in total. The first kappa shape index (κ1) is 16.4. The van der Waals surface area contributed by atoms with E-state index in [2.05, 4.69) is 31.0 Å². The summed E-state index contributed by atoms with van der Waals surface area (Å²) in [6, 6.07) is -0.0744. The first-order chi connectivity index (χ1) is 8.89. The van der Waals surface area contributed by atoms with Crippen molar-refractivity contribution >= 4 is 5.91 Å². The van der Waals surface area contributed by atoms with Gasteiger partial charge in [0.2, 0.25) is 5.91 Å². The maximum atomic E-state index is 11.7. The third kappa shape index (κ3) is 6.92. The minimum Gasteiger partial charge on any atom is -0.356 e. The van der Waals surface area contributed by atoms with E-state index in [9.17, 15) is 4.79 Å². The van der Waals surface area contributed by atoms with Crippen molar-refractivity contribution in [1.82, 2.24) is 10.2 Å². The fraction of sp³-hybridized carbons (Fsp3) is 0.933. The second kappa shape index (κ2) is 7.85. The molecule has 4 nitrogen and oxygen atoms in total. The van der Waals surface area contributed by atoms with Crippen LogP contribution in [0.5, 0.6) is 0 Å². The minimum atomic E-state index is -0.0744. The molecular weight excluding hydrogens is 238 g/mol. The van der Waals surface area contributed by atoms with E-state index in [1.54, 1.807) is 0 Å². The maximum Gasteiger partial charge on any atom is 0.221 e. The van der Waals surface area contributed by atoms with Gasteiger partial charge in [0, 0.05) is 19.0 Å². The zero-order valence-corrected chi connectivity index (χ0v) is 12.9. The highest BCUT2D eigenvalue weighted by Crippen LogP contribution is 2.19. The second-order valence-electron chi connectivity index (χ2n) is 6.78. The van der Waals surface area contributed by atoms with Crippen LogP contribution in [-0.4, -0.2) is 43.0 Å². The van der Waals surface area contributed by atoms with E-state index in [-0.39, 0.29) is 17.4 Å². The lowest BCUT2D eigenvalue weighted by molar-refractivity contribution is -0.121. The van der Waals surface area contributed by atoms with Gasteiger partial charge in [-0.25, -0.2) is 0 Å². The molecule has 1 rings (SSSR count). The van der Waals surface area contributed by atoms with Gasteiger partial charge in [-0.3, -0.25) is 4.79 Å². The standard InChI is InChI=1S/C15H31N3O/c1-15(2,3)13(16)12-14(19)17-8-7-11-18-9-5-4-6-10-18/h13H,4-12,16H2,1-3H3,(H,17,19). The van der Waals surface area contributed by atoms with Gasteiger partial charge >= 0.3 is 0 Å². The molecule has 0 aliphatic carbocycles. The molecule has 0 aromatic heterocycles. The van der Waals surface area contributed by atoms with Gasteiger partial charge in [-0.15, -0.1) is 0 Å². The number of hydrogen-bond acceptors (Lipinski definition) is 3. The van der Waals surface area contributed by atoms with Gasteiger partial charge < -0.3 is 16.0 Å². The summed E-state index contributed by atoms with van der Waals surface area (Å²) in [5.74, 6) is 0.0843. The molecule has 19 heavy (non-hydrogen) atoms. The Bertz CT molecular complexity index is 267. The van der Waals surface area contributed by atoms with Crippen LogP contribution in [0.15, 0.2) is 0 Å². The van der Waals surface area contributed by atoms with Gasteiger partial charge in [-0.1, -0.05) is 27.2 Å². The normalized spacial score (nSPS) is 19.2. The van der Waals surface area contributed by atoms with Crippen molar-refractivity contribution in [2.75, 3.05) is 26.2 Å². The fourth-order valence-electron chi connectivity index (χ4n) is 2.29. The largest absolute Gasteiger partial charge is 0.356 e. The summed E-state index contributed by atoms with van der Waals surface area (Å²) in [5, 5.41) is 2.98. The summed E-state index contributed by atoms with van der Waals surface area (Å²) in [4.78, 5) is 14.2. The number of amides is 1. The summed E-state index contributed by atoms with van der Waals surface area (Å²) in [6.07, 6.45) is 5.49. The monoisotopic (exact) mass is 269 g/mol. The highest BCUT2D eigenvalue weighted by molar-refractivity contribution is 5.76. The molecular formula is C15H31N3O. The molecule has 1 unspecified atom stereocenters. The number of hydrogen-bond donors (Lipinski definition) is 2. The van der Waals surface area contributed by atoms with E-state index in [1.165, 1.54) is 32.4 Å². The predicted octanol–water partition coefficient (Wildman–Crippen LogP) is 1.74. The first-order valence-corrected chi connectivity index (χ1v) is 7.64. The van der Waals surface area contributed by atoms with E-state index in [0.717, 1.165) is 19.5 Å². The number of rotatable bonds is 6. The Balaban J connectivity index is 2.07. The van der Waals surface area contributed by atoms with Gasteiger partial charge in [0.05, 0.1) is 0 Å². The lowest BCUT2D eigenvalue weighted by Crippen LogP contribution is -2.40. The van der Waals surface area contributed by atoms with E-state index in [0.29, 0.717) is 6.42 Å². The molecule has 0 radical (unpaired) electrons. The van der Waals surface area contributed by atoms with Crippen LogP contribution in [0.2, 0.25) is 0 Å². The zero-order chi connectivity index (χ0) is 14.3. The first-order valence-electron chi connectivity index (χ1n) is 7.64. The molecule has 1 saturated heterocycles. The Kier molecular flexibility index (Phi) is 6.80. The van der Waals surface area contributed by atoms with Crippen molar-refractivity contribution in [2.24, 2.45) is 11.1 Å². The number of piperidine rings is 1. The molecule has 1 fully saturated rings. The highest BCUT2D eigenvalue weighted by Gasteiger charge is 2.22. The molecule has 1 amide bonds. The molecule has 0 spiro atoms. The fourth-order valence-corrected chi connectivity index (χ4v) is 2.29. The summed E-state index contributed by atoms with van der Waals surface area (Å²) < 4.78 is 0. The molecule has 1 aliphatic heterocycles. The Labute approximate surface area is 118 Å². The van der Waals surface area contributed by atoms with Crippen LogP contribution in [0.1, 0.15) is 52.9 Å². The van der Waals surface area contributed by atoms with Crippen molar-refractivity contribution in [2.45, 2.75) is 58.9 Å². The smallest absolute Gasteiger partial charge is 0.221 e. The summed E-state index contributed by atoms with van der Waals surface area (Å²) in [6.45, 7) is 10.5. The Morgan fingerprint density at radius 2 is 1.89 bits per heavy atom. The Hall–Kier alpha value is -0.610. The summed E-state index contributed by atoms with van der Waals surface area (Å²) in [7, 11) is 0. The van der Waals surface area contributed by atoms with Gasteiger partial charge in [0.25, 0.3) is 0 Å². The van der Waals surface area contributed by atoms with Crippen LogP contribution in [0.25, 0.3) is 0 Å². The zero-order valence-electron chi connectivity index (χ0n) is 12.9. The van der Waals surface area contributed by atoms with E-state index in [1.807, 2.05) is 0 Å². The highest BCUT2D eigenvalue weighted by atomic mass is 16.1. The van der Waals surface area contributed by atoms with Crippen LogP contribution >= 0.6 is 0 Å². The lowest BCUT2D eigenvalue weighted by atomic mass is 9.85. The molecule has 112 valence electrons. The van der Waals surface area contributed by atoms with E-state index >= 15 is 0 Å². The van der Waals surface area contributed by atoms with Crippen LogP contribution in [0.3, 0.4) is 0 Å². The third-order valence-electron chi connectivity index (χ3n) is 3.94. The van der Waals surface area contributed by atoms with Crippen molar-refractivity contribution in [1.29, 1.82) is 0 Å². The Morgan fingerprint density at radius 1 is 1.26 bits per heavy atom. The molecule has 0 aromatic rings. The lowest BCUT2D eigenvalue weighted by Gasteiger charge is -2.27. The van der Waals surface area contributed by atoms with Crippen LogP contribution in [0.4, 0.5) is 0 Å². The molecule has 0 saturated carbocycles. The average molecular weight is 269 g/mol. The second-order valence-corrected chi connectivity index (χ2v) is 6.78. The maximum absolute atomic E-state index is 11.7. The van der Waals surface area contributed by atoms with Gasteiger partial charge in [-0.05, 0) is 44.3 Å². The van der Waals surface area contributed by atoms with Gasteiger partial charge in [0.15, 0.2) is 0 Å². The average Bonchev–Trinajstić information content (AvgIpc) is 2.35. The van der Waals surface area contributed by atoms with Crippen molar-refractivity contribution in [3.05, 3.63) is 0 Å². The van der Waals surface area contributed by atoms with Crippen molar-refractivity contribution < 1.29 is 4.79 Å². The van der Waals surface area contributed by atoms with Crippen LogP contribution in [-0.2, 0) is 4.79 Å². The van der Waals surface area contributed by atoms with Gasteiger partial charge in [0.1, 0.15) is 0 Å². The third-order valence-corrected chi connectivity index (χ3v) is 3.94. The SMILES string of the molecule is CC(C)(C)C(N)CC(=O)NCCCN1CCCCC1. The number of likely N-dealkylation sites (tertiary alicyclic amines) is 1. The predicted molar refractivity (Wildman–Crippen MR) is 80.0 cm³/mol. The number of carbonyl (C=O) groups excluding carboxylic acids is 1. The molecule has 1 heterocycles.